The molecule has 9 rings (SSSR count). The Kier molecular flexibility index (Phi) is 9.63. The number of carbonyl (C=O) groups is 3. The third-order valence-corrected chi connectivity index (χ3v) is 12.2. The van der Waals surface area contributed by atoms with Crippen LogP contribution in [-0.4, -0.2) is 73.4 Å². The molecule has 6 aromatic rings. The number of aromatic amines is 2. The van der Waals surface area contributed by atoms with Gasteiger partial charge in [-0.15, -0.1) is 0 Å². The maximum absolute atomic E-state index is 13.8. The summed E-state index contributed by atoms with van der Waals surface area (Å²) >= 11 is 0. The Morgan fingerprint density at radius 2 is 1.76 bits per heavy atom. The van der Waals surface area contributed by atoms with Crippen molar-refractivity contribution in [2.24, 2.45) is 11.7 Å². The highest BCUT2D eigenvalue weighted by atomic mass is 16.5. The lowest BCUT2D eigenvalue weighted by Gasteiger charge is -2.32. The molecule has 1 unspecified atom stereocenters. The van der Waals surface area contributed by atoms with Crippen LogP contribution in [-0.2, 0) is 20.9 Å². The summed E-state index contributed by atoms with van der Waals surface area (Å²) in [6, 6.07) is 22.4. The smallest absolute Gasteiger partial charge is 0.407 e. The third-order valence-electron chi connectivity index (χ3n) is 12.2. The highest BCUT2D eigenvalue weighted by Gasteiger charge is 2.41. The van der Waals surface area contributed by atoms with Gasteiger partial charge in [-0.2, -0.15) is 0 Å². The number of nitrogens with one attached hydrogen (secondary N) is 3. The SMILES string of the molecule is COC(=O)N[C@H](C(=O)N1[C@@H](C)CC[C@H]1c1ncc(-c2ccc3c(c2)COc2cc4c(ccc5nc([C@@H]6CCCN6C(=O)C(N)c6ccccc6)[nH]c54)cc2-3)[nH]1)C(C)C. The normalized spacial score (nSPS) is 19.9. The van der Waals surface area contributed by atoms with Crippen LogP contribution in [0.1, 0.15) is 87.4 Å². The van der Waals surface area contributed by atoms with Crippen molar-refractivity contribution in [2.45, 2.75) is 83.3 Å². The molecular formula is C45H48N8O5. The molecule has 13 nitrogen and oxygen atoms in total. The van der Waals surface area contributed by atoms with Gasteiger partial charge < -0.3 is 40.3 Å². The number of benzene rings is 4. The molecular weight excluding hydrogens is 733 g/mol. The maximum Gasteiger partial charge on any atom is 0.407 e. The minimum absolute atomic E-state index is 0.00633. The van der Waals surface area contributed by atoms with Crippen LogP contribution in [0, 0.1) is 5.92 Å². The summed E-state index contributed by atoms with van der Waals surface area (Å²) < 4.78 is 11.2. The van der Waals surface area contributed by atoms with Crippen molar-refractivity contribution in [1.29, 1.82) is 0 Å². The van der Waals surface area contributed by atoms with Gasteiger partial charge in [-0.05, 0) is 90.4 Å². The van der Waals surface area contributed by atoms with E-state index < -0.39 is 18.2 Å². The summed E-state index contributed by atoms with van der Waals surface area (Å²) in [5.41, 5.74) is 14.0. The summed E-state index contributed by atoms with van der Waals surface area (Å²) in [5.74, 6) is 1.93. The number of hydrogen-bond acceptors (Lipinski definition) is 8. The molecule has 0 aliphatic carbocycles. The van der Waals surface area contributed by atoms with Gasteiger partial charge in [-0.1, -0.05) is 62.4 Å². The topological polar surface area (TPSA) is 172 Å². The van der Waals surface area contributed by atoms with Crippen LogP contribution >= 0.6 is 0 Å². The van der Waals surface area contributed by atoms with E-state index in [4.69, 9.17) is 25.2 Å². The van der Waals surface area contributed by atoms with Gasteiger partial charge in [-0.25, -0.2) is 14.8 Å². The van der Waals surface area contributed by atoms with Crippen molar-refractivity contribution in [1.82, 2.24) is 35.1 Å². The first kappa shape index (κ1) is 37.4. The summed E-state index contributed by atoms with van der Waals surface area (Å²) in [4.78, 5) is 60.1. The van der Waals surface area contributed by atoms with E-state index in [-0.39, 0.29) is 35.9 Å². The number of rotatable bonds is 8. The standard InChI is InChI=1S/C45H48N8O5/c1-24(2)39(51-45(56)57-4)44(55)53-25(3)12-17-36(53)41-47-22-34(49-41)28-13-15-30-29(19-28)23-58-37-21-31-27(20-32(30)37)14-16-33-40(31)50-42(48-33)35-11-8-18-52(35)43(54)38(46)26-9-6-5-7-10-26/h5-7,9-10,13-16,19-22,24-25,35-36,38-39H,8,11-12,17-18,23,46H2,1-4H3,(H,47,49)(H,48,50)(H,51,56)/t25-,35-,36-,38?,39-/m0/s1. The average Bonchev–Trinajstić information content (AvgIpc) is 4.07. The maximum atomic E-state index is 13.8. The molecule has 58 heavy (non-hydrogen) atoms. The quantitative estimate of drug-likeness (QED) is 0.123. The second-order valence-electron chi connectivity index (χ2n) is 16.1. The minimum Gasteiger partial charge on any atom is -0.488 e. The van der Waals surface area contributed by atoms with Crippen molar-refractivity contribution < 1.29 is 23.9 Å². The molecule has 3 aliphatic rings. The number of fused-ring (bicyclic) bond motifs is 6. The summed E-state index contributed by atoms with van der Waals surface area (Å²) in [7, 11) is 1.30. The molecule has 5 heterocycles. The summed E-state index contributed by atoms with van der Waals surface area (Å²) in [6.45, 7) is 6.90. The second-order valence-corrected chi connectivity index (χ2v) is 16.1. The molecule has 0 spiro atoms. The molecule has 13 heteroatoms. The molecule has 5 N–H and O–H groups in total. The van der Waals surface area contributed by atoms with Gasteiger partial charge in [-0.3, -0.25) is 9.59 Å². The first-order chi connectivity index (χ1) is 28.1. The number of methoxy groups -OCH3 is 1. The number of H-pyrrole nitrogens is 2. The van der Waals surface area contributed by atoms with E-state index in [1.807, 2.05) is 73.2 Å². The van der Waals surface area contributed by atoms with E-state index in [1.165, 1.54) is 7.11 Å². The highest BCUT2D eigenvalue weighted by molar-refractivity contribution is 6.07. The zero-order chi connectivity index (χ0) is 40.2. The van der Waals surface area contributed by atoms with Crippen LogP contribution in [0.15, 0.2) is 79.0 Å². The van der Waals surface area contributed by atoms with E-state index >= 15 is 0 Å². The molecule has 0 saturated carbocycles. The number of alkyl carbamates (subject to hydrolysis) is 1. The van der Waals surface area contributed by atoms with E-state index in [1.54, 1.807) is 0 Å². The van der Waals surface area contributed by atoms with E-state index in [2.05, 4.69) is 51.7 Å². The number of likely N-dealkylation sites (tertiary alicyclic amines) is 2. The van der Waals surface area contributed by atoms with Crippen molar-refractivity contribution >= 4 is 39.7 Å². The molecule has 2 aromatic heterocycles. The first-order valence-corrected chi connectivity index (χ1v) is 20.1. The number of imidazole rings is 2. The number of aromatic nitrogens is 4. The molecule has 3 aliphatic heterocycles. The van der Waals surface area contributed by atoms with Crippen molar-refractivity contribution in [3.8, 4) is 28.1 Å². The third kappa shape index (κ3) is 6.52. The van der Waals surface area contributed by atoms with Gasteiger partial charge in [0.1, 0.15) is 36.1 Å². The van der Waals surface area contributed by atoms with E-state index in [0.717, 1.165) is 98.4 Å². The molecule has 4 aromatic carbocycles. The zero-order valence-electron chi connectivity index (χ0n) is 33.1. The van der Waals surface area contributed by atoms with Crippen LogP contribution in [0.25, 0.3) is 44.2 Å². The summed E-state index contributed by atoms with van der Waals surface area (Å²) in [6.07, 6.45) is 4.49. The van der Waals surface area contributed by atoms with E-state index in [0.29, 0.717) is 13.2 Å². The van der Waals surface area contributed by atoms with Crippen molar-refractivity contribution in [3.63, 3.8) is 0 Å². The van der Waals surface area contributed by atoms with Gasteiger partial charge in [0, 0.05) is 23.5 Å². The number of ether oxygens (including phenoxy) is 2. The fraction of sp³-hybridized carbons (Fsp3) is 0.356. The zero-order valence-corrected chi connectivity index (χ0v) is 33.1. The highest BCUT2D eigenvalue weighted by Crippen LogP contribution is 2.44. The number of amides is 3. The lowest BCUT2D eigenvalue weighted by atomic mass is 9.92. The lowest BCUT2D eigenvalue weighted by Crippen LogP contribution is -2.52. The Labute approximate surface area is 336 Å². The number of carbonyl (C=O) groups excluding carboxylic acids is 3. The predicted molar refractivity (Wildman–Crippen MR) is 220 cm³/mol. The number of nitrogens with two attached hydrogens (primary N) is 1. The number of hydrogen-bond donors (Lipinski definition) is 4. The molecule has 3 amide bonds. The Hall–Kier alpha value is -6.21. The fourth-order valence-electron chi connectivity index (χ4n) is 9.07. The van der Waals surface area contributed by atoms with E-state index in [9.17, 15) is 14.4 Å². The monoisotopic (exact) mass is 780 g/mol. The van der Waals surface area contributed by atoms with Gasteiger partial charge in [0.05, 0.1) is 42.1 Å². The van der Waals surface area contributed by atoms with Crippen molar-refractivity contribution in [2.75, 3.05) is 13.7 Å². The van der Waals surface area contributed by atoms with Crippen LogP contribution in [0.5, 0.6) is 5.75 Å². The van der Waals surface area contributed by atoms with Crippen molar-refractivity contribution in [3.05, 3.63) is 102 Å². The molecule has 5 atom stereocenters. The fourth-order valence-corrected chi connectivity index (χ4v) is 9.07. The lowest BCUT2D eigenvalue weighted by molar-refractivity contribution is -0.137. The molecule has 2 saturated heterocycles. The van der Waals surface area contributed by atoms with Gasteiger partial charge in [0.25, 0.3) is 0 Å². The van der Waals surface area contributed by atoms with Crippen LogP contribution in [0.2, 0.25) is 0 Å². The Morgan fingerprint density at radius 1 is 0.931 bits per heavy atom. The molecule has 298 valence electrons. The second kappa shape index (κ2) is 14.9. The first-order valence-electron chi connectivity index (χ1n) is 20.1. The average molecular weight is 781 g/mol. The van der Waals surface area contributed by atoms with Gasteiger partial charge in [0.2, 0.25) is 11.8 Å². The Bertz CT molecular complexity index is 2550. The number of nitrogens with zero attached hydrogens (tertiary/aromatic N) is 4. The van der Waals surface area contributed by atoms with Gasteiger partial charge >= 0.3 is 6.09 Å². The molecule has 2 fully saturated rings. The predicted octanol–water partition coefficient (Wildman–Crippen LogP) is 7.46. The molecule has 0 bridgehead atoms. The largest absolute Gasteiger partial charge is 0.488 e. The summed E-state index contributed by atoms with van der Waals surface area (Å²) in [5, 5.41) is 4.79. The minimum atomic E-state index is -0.725. The van der Waals surface area contributed by atoms with Crippen LogP contribution in [0.4, 0.5) is 4.79 Å². The Balaban J connectivity index is 0.963. The van der Waals surface area contributed by atoms with Gasteiger partial charge in [0.15, 0.2) is 0 Å². The van der Waals surface area contributed by atoms with Crippen LogP contribution in [0.3, 0.4) is 0 Å². The van der Waals surface area contributed by atoms with Crippen LogP contribution < -0.4 is 15.8 Å². The Morgan fingerprint density at radius 3 is 2.55 bits per heavy atom. The molecule has 0 radical (unpaired) electrons.